The van der Waals surface area contributed by atoms with Gasteiger partial charge in [-0.2, -0.15) is 0 Å². The predicted molar refractivity (Wildman–Crippen MR) is 140 cm³/mol. The first kappa shape index (κ1) is 46.6. The number of carbonyl (C=O) groups is 1. The molecule has 0 aliphatic carbocycles. The molecule has 0 spiro atoms. The maximum atomic E-state index is 10.4. The second kappa shape index (κ2) is 45.7. The van der Waals surface area contributed by atoms with Crippen LogP contribution in [0.15, 0.2) is 10.2 Å². The minimum absolute atomic E-state index is 0. The summed E-state index contributed by atoms with van der Waals surface area (Å²) >= 11 is 0. The van der Waals surface area contributed by atoms with E-state index in [0.717, 1.165) is 0 Å². The molecule has 236 valence electrons. The van der Waals surface area contributed by atoms with Crippen LogP contribution in [0.3, 0.4) is 0 Å². The zero-order valence-corrected chi connectivity index (χ0v) is 26.3. The minimum atomic E-state index is -0.311. The Morgan fingerprint density at radius 1 is 0.561 bits per heavy atom. The van der Waals surface area contributed by atoms with Crippen molar-refractivity contribution in [3.8, 4) is 0 Å². The molecule has 0 aromatic carbocycles. The standard InChI is InChI=1S/C12H23N3O6.C10H21N3O5.Na.H2O/c1-12(16)21-11-10-20-9-8-19-7-6-18-5-4-17-3-2-14-15-13;11-13-12-1-3-15-5-7-17-9-10-18-8-6-16-4-2-14;;/h2-11H2,1H3;14H,1-10H2;;1H2/q;;+1;/p-1. The summed E-state index contributed by atoms with van der Waals surface area (Å²) in [6.45, 7) is 9.56. The molecular weight excluding hydrogens is 563 g/mol. The molecule has 0 fully saturated rings. The van der Waals surface area contributed by atoms with Crippen LogP contribution >= 0.6 is 0 Å². The van der Waals surface area contributed by atoms with Gasteiger partial charge in [-0.25, -0.2) is 0 Å². The Morgan fingerprint density at radius 3 is 1.10 bits per heavy atom. The number of aliphatic hydroxyl groups is 1. The first-order chi connectivity index (χ1) is 19.2. The van der Waals surface area contributed by atoms with Crippen molar-refractivity contribution in [1.82, 2.24) is 0 Å². The van der Waals surface area contributed by atoms with E-state index in [4.69, 9.17) is 58.8 Å². The number of ether oxygens (including phenoxy) is 9. The van der Waals surface area contributed by atoms with Crippen molar-refractivity contribution in [3.63, 3.8) is 0 Å². The SMILES string of the molecule is CC(=O)OCCOCCOCCOCCOCCN=[N+]=[N-].[N-]=[N+]=NCCOCCOCCOCCOCCO.[Na+].[OH-]. The summed E-state index contributed by atoms with van der Waals surface area (Å²) in [6.07, 6.45) is 0. The molecule has 0 unspecified atom stereocenters. The third-order valence-corrected chi connectivity index (χ3v) is 3.80. The van der Waals surface area contributed by atoms with Gasteiger partial charge in [0.15, 0.2) is 0 Å². The molecule has 0 saturated heterocycles. The third-order valence-electron chi connectivity index (χ3n) is 3.80. The second-order valence-electron chi connectivity index (χ2n) is 6.87. The van der Waals surface area contributed by atoms with Gasteiger partial charge in [0.05, 0.1) is 112 Å². The van der Waals surface area contributed by atoms with Crippen molar-refractivity contribution < 1.29 is 87.6 Å². The van der Waals surface area contributed by atoms with Gasteiger partial charge in [-0.1, -0.05) is 10.2 Å². The van der Waals surface area contributed by atoms with Crippen molar-refractivity contribution in [2.24, 2.45) is 10.2 Å². The van der Waals surface area contributed by atoms with Gasteiger partial charge in [-0.3, -0.25) is 4.79 Å². The summed E-state index contributed by atoms with van der Waals surface area (Å²) in [4.78, 5) is 15.7. The summed E-state index contributed by atoms with van der Waals surface area (Å²) in [5.41, 5.74) is 16.0. The molecule has 0 radical (unpaired) electrons. The first-order valence-corrected chi connectivity index (χ1v) is 12.6. The van der Waals surface area contributed by atoms with Crippen LogP contribution in [0.25, 0.3) is 20.9 Å². The van der Waals surface area contributed by atoms with E-state index in [-0.39, 0.29) is 54.2 Å². The molecule has 0 bridgehead atoms. The van der Waals surface area contributed by atoms with Gasteiger partial charge in [0.25, 0.3) is 0 Å². The number of azide groups is 2. The molecule has 0 rings (SSSR count). The third kappa shape index (κ3) is 51.9. The van der Waals surface area contributed by atoms with Gasteiger partial charge in [0.1, 0.15) is 6.61 Å². The van der Waals surface area contributed by atoms with Gasteiger partial charge < -0.3 is 53.2 Å². The van der Waals surface area contributed by atoms with Crippen molar-refractivity contribution in [2.45, 2.75) is 6.92 Å². The Kier molecular flexibility index (Phi) is 52.0. The number of aliphatic hydroxyl groups excluding tert-OH is 1. The first-order valence-electron chi connectivity index (χ1n) is 12.6. The summed E-state index contributed by atoms with van der Waals surface area (Å²) in [7, 11) is 0. The van der Waals surface area contributed by atoms with E-state index in [1.165, 1.54) is 6.92 Å². The quantitative estimate of drug-likeness (QED) is 0.0244. The minimum Gasteiger partial charge on any atom is -0.870 e. The van der Waals surface area contributed by atoms with E-state index < -0.39 is 0 Å². The van der Waals surface area contributed by atoms with Crippen molar-refractivity contribution >= 4 is 5.97 Å². The predicted octanol–water partition coefficient (Wildman–Crippen LogP) is -1.89. The van der Waals surface area contributed by atoms with Crippen LogP contribution in [0.5, 0.6) is 0 Å². The van der Waals surface area contributed by atoms with Gasteiger partial charge in [0.2, 0.25) is 0 Å². The molecule has 0 aromatic rings. The molecule has 0 amide bonds. The Balaban J connectivity index is -0.000000322. The zero-order chi connectivity index (χ0) is 28.9. The monoisotopic (exact) mass is 608 g/mol. The number of hydrogen-bond donors (Lipinski definition) is 1. The van der Waals surface area contributed by atoms with Gasteiger partial charge >= 0.3 is 35.5 Å². The Labute approximate surface area is 263 Å². The van der Waals surface area contributed by atoms with Crippen molar-refractivity contribution in [2.75, 3.05) is 132 Å². The fourth-order valence-corrected chi connectivity index (χ4v) is 2.13. The van der Waals surface area contributed by atoms with Gasteiger partial charge in [-0.05, 0) is 11.1 Å². The van der Waals surface area contributed by atoms with E-state index in [1.807, 2.05) is 0 Å². The summed E-state index contributed by atoms with van der Waals surface area (Å²) in [5.74, 6) is -0.311. The fraction of sp³-hybridized carbons (Fsp3) is 0.955. The maximum Gasteiger partial charge on any atom is 1.00 e. The molecular formula is C22H45N6NaO12. The second-order valence-corrected chi connectivity index (χ2v) is 6.87. The molecule has 19 heteroatoms. The van der Waals surface area contributed by atoms with Gasteiger partial charge in [-0.15, -0.1) is 0 Å². The average molecular weight is 609 g/mol. The van der Waals surface area contributed by atoms with Crippen LogP contribution < -0.4 is 29.6 Å². The molecule has 0 heterocycles. The summed E-state index contributed by atoms with van der Waals surface area (Å²) in [5, 5.41) is 15.1. The van der Waals surface area contributed by atoms with E-state index in [0.29, 0.717) is 119 Å². The molecule has 2 N–H and O–H groups in total. The average Bonchev–Trinajstić information content (AvgIpc) is 2.93. The van der Waals surface area contributed by atoms with E-state index in [1.54, 1.807) is 0 Å². The van der Waals surface area contributed by atoms with Crippen LogP contribution in [0.4, 0.5) is 0 Å². The van der Waals surface area contributed by atoms with Crippen LogP contribution in [0, 0.1) is 0 Å². The molecule has 18 nitrogen and oxygen atoms in total. The van der Waals surface area contributed by atoms with Crippen LogP contribution in [0.2, 0.25) is 0 Å². The van der Waals surface area contributed by atoms with E-state index in [2.05, 4.69) is 20.1 Å². The topological polar surface area (TPSA) is 248 Å². The number of hydrogen-bond acceptors (Lipinski definition) is 14. The summed E-state index contributed by atoms with van der Waals surface area (Å²) < 4.78 is 46.1. The fourth-order valence-electron chi connectivity index (χ4n) is 2.13. The number of carbonyl (C=O) groups excluding carboxylic acids is 1. The molecule has 0 saturated carbocycles. The molecule has 0 atom stereocenters. The Morgan fingerprint density at radius 2 is 0.829 bits per heavy atom. The van der Waals surface area contributed by atoms with Crippen LogP contribution in [0.1, 0.15) is 6.92 Å². The Hall–Kier alpha value is -1.31. The maximum absolute atomic E-state index is 10.4. The zero-order valence-electron chi connectivity index (χ0n) is 24.3. The normalized spacial score (nSPS) is 9.71. The molecule has 0 aliphatic heterocycles. The number of esters is 1. The Bertz CT molecular complexity index is 604. The van der Waals surface area contributed by atoms with Crippen molar-refractivity contribution in [1.29, 1.82) is 0 Å². The molecule has 0 aromatic heterocycles. The summed E-state index contributed by atoms with van der Waals surface area (Å²) in [6, 6.07) is 0. The molecule has 41 heavy (non-hydrogen) atoms. The van der Waals surface area contributed by atoms with Crippen LogP contribution in [-0.2, 0) is 47.4 Å². The number of rotatable bonds is 29. The van der Waals surface area contributed by atoms with Crippen LogP contribution in [-0.4, -0.2) is 149 Å². The molecule has 0 aliphatic rings. The smallest absolute Gasteiger partial charge is 0.870 e. The van der Waals surface area contributed by atoms with E-state index >= 15 is 0 Å². The van der Waals surface area contributed by atoms with Crippen molar-refractivity contribution in [3.05, 3.63) is 20.9 Å². The van der Waals surface area contributed by atoms with E-state index in [9.17, 15) is 4.79 Å². The number of nitrogens with zero attached hydrogens (tertiary/aromatic N) is 6. The van der Waals surface area contributed by atoms with Gasteiger partial charge in [0, 0.05) is 29.8 Å². The largest absolute Gasteiger partial charge is 1.00 e.